The van der Waals surface area contributed by atoms with Crippen LogP contribution in [0.25, 0.3) is 16.5 Å². The monoisotopic (exact) mass is 364 g/mol. The molecule has 0 saturated carbocycles. The van der Waals surface area contributed by atoms with Crippen molar-refractivity contribution >= 4 is 27.8 Å². The van der Waals surface area contributed by atoms with Crippen LogP contribution in [0.2, 0.25) is 0 Å². The molecule has 3 aromatic rings. The van der Waals surface area contributed by atoms with E-state index in [1.807, 2.05) is 11.3 Å². The third-order valence-electron chi connectivity index (χ3n) is 5.69. The van der Waals surface area contributed by atoms with Crippen LogP contribution in [0.5, 0.6) is 0 Å². The molecule has 4 rings (SSSR count). The van der Waals surface area contributed by atoms with E-state index >= 15 is 0 Å². The number of hydrogen-bond donors (Lipinski definition) is 2. The first-order valence-corrected chi connectivity index (χ1v) is 10.6. The average molecular weight is 365 g/mol. The van der Waals surface area contributed by atoms with Gasteiger partial charge in [-0.1, -0.05) is 18.6 Å². The predicted molar refractivity (Wildman–Crippen MR) is 114 cm³/mol. The summed E-state index contributed by atoms with van der Waals surface area (Å²) in [6.07, 6.45) is 10.7. The van der Waals surface area contributed by atoms with E-state index in [4.69, 9.17) is 0 Å². The number of thiophene rings is 1. The third-order valence-corrected chi connectivity index (χ3v) is 6.63. The lowest BCUT2D eigenvalue weighted by molar-refractivity contribution is 0.477. The van der Waals surface area contributed by atoms with Gasteiger partial charge in [0.2, 0.25) is 0 Å². The molecule has 2 N–H and O–H groups in total. The first-order valence-electron chi connectivity index (χ1n) is 9.74. The first-order chi connectivity index (χ1) is 12.7. The molecule has 1 atom stereocenters. The maximum Gasteiger partial charge on any atom is 0.0459 e. The number of rotatable bonds is 6. The normalized spacial score (nSPS) is 17.6. The summed E-state index contributed by atoms with van der Waals surface area (Å²) in [6, 6.07) is 9.66. The van der Waals surface area contributed by atoms with E-state index in [0.717, 1.165) is 6.54 Å². The van der Waals surface area contributed by atoms with Crippen LogP contribution >= 0.6 is 11.3 Å². The van der Waals surface area contributed by atoms with Crippen molar-refractivity contribution in [3.05, 3.63) is 63.5 Å². The largest absolute Gasteiger partial charge is 0.361 e. The molecule has 0 aliphatic carbocycles. The number of unbranched alkanes of at least 4 members (excludes halogenated alkanes) is 1. The van der Waals surface area contributed by atoms with Crippen molar-refractivity contribution in [3.63, 3.8) is 0 Å². The maximum atomic E-state index is 3.67. The lowest BCUT2D eigenvalue weighted by atomic mass is 9.95. The van der Waals surface area contributed by atoms with Crippen molar-refractivity contribution in [2.24, 2.45) is 0 Å². The number of H-pyrrole nitrogens is 1. The number of fused-ring (bicyclic) bond motifs is 1. The van der Waals surface area contributed by atoms with E-state index in [9.17, 15) is 0 Å². The fourth-order valence-electron chi connectivity index (χ4n) is 3.99. The van der Waals surface area contributed by atoms with E-state index in [2.05, 4.69) is 66.1 Å². The van der Waals surface area contributed by atoms with Crippen molar-refractivity contribution in [1.82, 2.24) is 10.3 Å². The fraction of sp³-hybridized carbons (Fsp3) is 0.391. The van der Waals surface area contributed by atoms with E-state index in [1.54, 1.807) is 0 Å². The minimum absolute atomic E-state index is 0.630. The number of benzene rings is 1. The molecule has 1 aliphatic heterocycles. The Morgan fingerprint density at radius 2 is 2.04 bits per heavy atom. The van der Waals surface area contributed by atoms with Crippen LogP contribution in [-0.4, -0.2) is 17.6 Å². The van der Waals surface area contributed by atoms with Gasteiger partial charge in [-0.25, -0.2) is 0 Å². The summed E-state index contributed by atoms with van der Waals surface area (Å²) in [4.78, 5) is 4.89. The lowest BCUT2D eigenvalue weighted by Crippen LogP contribution is -2.32. The zero-order valence-corrected chi connectivity index (χ0v) is 16.6. The summed E-state index contributed by atoms with van der Waals surface area (Å²) in [5.74, 6) is 0. The molecule has 2 nitrogen and oxygen atoms in total. The van der Waals surface area contributed by atoms with Crippen molar-refractivity contribution in [3.8, 4) is 0 Å². The second kappa shape index (κ2) is 7.81. The highest BCUT2D eigenvalue weighted by Gasteiger charge is 2.16. The van der Waals surface area contributed by atoms with Crippen LogP contribution < -0.4 is 5.32 Å². The third kappa shape index (κ3) is 3.79. The van der Waals surface area contributed by atoms with Gasteiger partial charge in [-0.05, 0) is 85.4 Å². The maximum absolute atomic E-state index is 3.67. The highest BCUT2D eigenvalue weighted by Crippen LogP contribution is 2.28. The Labute approximate surface area is 160 Å². The molecule has 3 heteroatoms. The molecule has 0 spiro atoms. The molecule has 1 unspecified atom stereocenters. The number of nitrogens with one attached hydrogen (secondary N) is 2. The van der Waals surface area contributed by atoms with Gasteiger partial charge in [0.15, 0.2) is 0 Å². The van der Waals surface area contributed by atoms with Crippen LogP contribution in [-0.2, 0) is 6.42 Å². The Kier molecular flexibility index (Phi) is 5.28. The minimum Gasteiger partial charge on any atom is -0.361 e. The molecular weight excluding hydrogens is 336 g/mol. The molecule has 1 aromatic carbocycles. The highest BCUT2D eigenvalue weighted by atomic mass is 32.1. The summed E-state index contributed by atoms with van der Waals surface area (Å²) in [6.45, 7) is 5.41. The first kappa shape index (κ1) is 17.6. The van der Waals surface area contributed by atoms with Gasteiger partial charge in [-0.2, -0.15) is 0 Å². The molecule has 0 bridgehead atoms. The number of aryl methyl sites for hydroxylation is 3. The number of aromatic nitrogens is 1. The summed E-state index contributed by atoms with van der Waals surface area (Å²) in [5.41, 5.74) is 7.04. The van der Waals surface area contributed by atoms with Crippen molar-refractivity contribution in [2.75, 3.05) is 6.54 Å². The van der Waals surface area contributed by atoms with E-state index in [0.29, 0.717) is 6.04 Å². The molecule has 0 amide bonds. The van der Waals surface area contributed by atoms with Crippen LogP contribution in [0.4, 0.5) is 0 Å². The van der Waals surface area contributed by atoms with E-state index in [-0.39, 0.29) is 0 Å². The Morgan fingerprint density at radius 3 is 2.88 bits per heavy atom. The molecule has 26 heavy (non-hydrogen) atoms. The van der Waals surface area contributed by atoms with Gasteiger partial charge < -0.3 is 10.3 Å². The van der Waals surface area contributed by atoms with Crippen LogP contribution in [0.1, 0.15) is 47.3 Å². The summed E-state index contributed by atoms with van der Waals surface area (Å²) in [5, 5.41) is 7.26. The minimum atomic E-state index is 0.630. The van der Waals surface area contributed by atoms with Gasteiger partial charge in [0.1, 0.15) is 0 Å². The van der Waals surface area contributed by atoms with Gasteiger partial charge in [0.05, 0.1) is 0 Å². The Balaban J connectivity index is 1.29. The van der Waals surface area contributed by atoms with Crippen LogP contribution in [0.15, 0.2) is 41.9 Å². The standard InChI is InChI=1S/C23H28N2S/c1-16-12-21-19(15-25-22(21)13-17(16)2)6-3-4-7-20-14-18(9-10-24-20)23-8-5-11-26-23/h5,8-9,11-13,15,20,24-25H,3-4,6-7,10,14H2,1-2H3. The predicted octanol–water partition coefficient (Wildman–Crippen LogP) is 6.00. The van der Waals surface area contributed by atoms with Crippen LogP contribution in [0, 0.1) is 13.8 Å². The van der Waals surface area contributed by atoms with Crippen molar-refractivity contribution in [1.29, 1.82) is 0 Å². The number of hydrogen-bond acceptors (Lipinski definition) is 2. The highest BCUT2D eigenvalue weighted by molar-refractivity contribution is 7.11. The van der Waals surface area contributed by atoms with Gasteiger partial charge in [-0.15, -0.1) is 11.3 Å². The Bertz CT molecular complexity index is 902. The molecule has 1 aliphatic rings. The zero-order chi connectivity index (χ0) is 17.9. The van der Waals surface area contributed by atoms with Gasteiger partial charge in [0, 0.05) is 34.6 Å². The smallest absolute Gasteiger partial charge is 0.0459 e. The molecule has 0 saturated heterocycles. The quantitative estimate of drug-likeness (QED) is 0.515. The van der Waals surface area contributed by atoms with Gasteiger partial charge in [-0.3, -0.25) is 0 Å². The summed E-state index contributed by atoms with van der Waals surface area (Å²) >= 11 is 1.86. The summed E-state index contributed by atoms with van der Waals surface area (Å²) in [7, 11) is 0. The number of aromatic amines is 1. The van der Waals surface area contributed by atoms with Gasteiger partial charge >= 0.3 is 0 Å². The average Bonchev–Trinajstić information content (AvgIpc) is 3.30. The molecule has 3 heterocycles. The van der Waals surface area contributed by atoms with Crippen LogP contribution in [0.3, 0.4) is 0 Å². The molecule has 2 aromatic heterocycles. The molecule has 0 radical (unpaired) electrons. The fourth-order valence-corrected chi connectivity index (χ4v) is 4.77. The topological polar surface area (TPSA) is 27.8 Å². The van der Waals surface area contributed by atoms with E-state index < -0.39 is 0 Å². The van der Waals surface area contributed by atoms with Crippen molar-refractivity contribution in [2.45, 2.75) is 52.0 Å². The van der Waals surface area contributed by atoms with Crippen molar-refractivity contribution < 1.29 is 0 Å². The second-order valence-electron chi connectivity index (χ2n) is 7.56. The lowest BCUT2D eigenvalue weighted by Gasteiger charge is -2.24. The zero-order valence-electron chi connectivity index (χ0n) is 15.8. The van der Waals surface area contributed by atoms with Gasteiger partial charge in [0.25, 0.3) is 0 Å². The molecule has 136 valence electrons. The molecular formula is C23H28N2S. The molecule has 0 fully saturated rings. The Morgan fingerprint density at radius 1 is 1.15 bits per heavy atom. The summed E-state index contributed by atoms with van der Waals surface area (Å²) < 4.78 is 0. The SMILES string of the molecule is Cc1cc2[nH]cc(CCCCC3CC(c4cccs4)=CCN3)c2cc1C. The van der Waals surface area contributed by atoms with E-state index in [1.165, 1.54) is 70.1 Å². The second-order valence-corrected chi connectivity index (χ2v) is 8.51. The Hall–Kier alpha value is -1.84.